The van der Waals surface area contributed by atoms with Crippen LogP contribution in [0.3, 0.4) is 0 Å². The van der Waals surface area contributed by atoms with E-state index in [9.17, 15) is 0 Å². The van der Waals surface area contributed by atoms with Crippen LogP contribution in [-0.4, -0.2) is 24.1 Å². The average molecular weight is 353 g/mol. The Morgan fingerprint density at radius 3 is 2.70 bits per heavy atom. The highest BCUT2D eigenvalue weighted by atomic mass is 15.2. The van der Waals surface area contributed by atoms with Gasteiger partial charge < -0.3 is 9.13 Å². The molecule has 3 aromatic heterocycles. The highest BCUT2D eigenvalue weighted by molar-refractivity contribution is 5.95. The first-order valence-corrected chi connectivity index (χ1v) is 9.14. The van der Waals surface area contributed by atoms with Crippen LogP contribution in [0.15, 0.2) is 73.2 Å². The van der Waals surface area contributed by atoms with Gasteiger partial charge >= 0.3 is 0 Å². The van der Waals surface area contributed by atoms with Gasteiger partial charge in [-0.3, -0.25) is 0 Å². The summed E-state index contributed by atoms with van der Waals surface area (Å²) in [6.07, 6.45) is 5.69. The summed E-state index contributed by atoms with van der Waals surface area (Å²) in [5.74, 6) is 1.94. The van der Waals surface area contributed by atoms with E-state index >= 15 is 0 Å². The van der Waals surface area contributed by atoms with Crippen molar-refractivity contribution in [2.45, 2.75) is 20.0 Å². The molecule has 5 heteroatoms. The molecule has 0 N–H and O–H groups in total. The fourth-order valence-corrected chi connectivity index (χ4v) is 3.71. The first-order chi connectivity index (χ1) is 13.3. The van der Waals surface area contributed by atoms with Crippen LogP contribution in [0.1, 0.15) is 12.7 Å². The lowest BCUT2D eigenvalue weighted by Gasteiger charge is -2.11. The molecule has 0 bridgehead atoms. The Hall–Kier alpha value is -3.47. The van der Waals surface area contributed by atoms with Crippen molar-refractivity contribution in [1.29, 1.82) is 0 Å². The maximum absolute atomic E-state index is 4.81. The Morgan fingerprint density at radius 1 is 0.889 bits per heavy atom. The molecule has 0 amide bonds. The lowest BCUT2D eigenvalue weighted by atomic mass is 10.0. The molecule has 5 nitrogen and oxygen atoms in total. The number of aryl methyl sites for hydroxylation is 1. The van der Waals surface area contributed by atoms with Crippen molar-refractivity contribution in [3.63, 3.8) is 0 Å². The molecule has 3 heterocycles. The highest BCUT2D eigenvalue weighted by Gasteiger charge is 2.14. The van der Waals surface area contributed by atoms with E-state index in [0.717, 1.165) is 34.9 Å². The third-order valence-electron chi connectivity index (χ3n) is 4.96. The van der Waals surface area contributed by atoms with Crippen LogP contribution >= 0.6 is 0 Å². The van der Waals surface area contributed by atoms with Crippen molar-refractivity contribution in [1.82, 2.24) is 24.1 Å². The Labute approximate surface area is 157 Å². The molecule has 5 rings (SSSR count). The van der Waals surface area contributed by atoms with Crippen LogP contribution in [0, 0.1) is 0 Å². The van der Waals surface area contributed by atoms with Crippen molar-refractivity contribution >= 4 is 21.9 Å². The lowest BCUT2D eigenvalue weighted by molar-refractivity contribution is 0.664. The molecule has 0 aliphatic heterocycles. The molecular formula is C22H19N5. The molecule has 0 atom stereocenters. The summed E-state index contributed by atoms with van der Waals surface area (Å²) < 4.78 is 4.33. The number of hydrogen-bond acceptors (Lipinski definition) is 3. The zero-order valence-electron chi connectivity index (χ0n) is 15.1. The molecular weight excluding hydrogens is 334 g/mol. The van der Waals surface area contributed by atoms with Crippen LogP contribution in [-0.2, 0) is 13.1 Å². The van der Waals surface area contributed by atoms with E-state index in [1.807, 2.05) is 30.7 Å². The Bertz CT molecular complexity index is 1240. The number of pyridine rings is 1. The van der Waals surface area contributed by atoms with Crippen molar-refractivity contribution in [3.8, 4) is 11.4 Å². The molecule has 0 radical (unpaired) electrons. The first-order valence-electron chi connectivity index (χ1n) is 9.14. The van der Waals surface area contributed by atoms with Crippen LogP contribution in [0.2, 0.25) is 0 Å². The molecule has 132 valence electrons. The van der Waals surface area contributed by atoms with E-state index in [-0.39, 0.29) is 0 Å². The predicted molar refractivity (Wildman–Crippen MR) is 107 cm³/mol. The quantitative estimate of drug-likeness (QED) is 0.477. The van der Waals surface area contributed by atoms with E-state index in [0.29, 0.717) is 6.54 Å². The van der Waals surface area contributed by atoms with Gasteiger partial charge in [0.05, 0.1) is 6.54 Å². The number of imidazole rings is 2. The third-order valence-corrected chi connectivity index (χ3v) is 4.96. The summed E-state index contributed by atoms with van der Waals surface area (Å²) in [6.45, 7) is 3.61. The van der Waals surface area contributed by atoms with E-state index < -0.39 is 0 Å². The summed E-state index contributed by atoms with van der Waals surface area (Å²) in [5.41, 5.74) is 3.00. The van der Waals surface area contributed by atoms with E-state index in [2.05, 4.69) is 68.5 Å². The molecule has 0 aliphatic rings. The van der Waals surface area contributed by atoms with Crippen molar-refractivity contribution in [2.24, 2.45) is 0 Å². The van der Waals surface area contributed by atoms with Crippen LogP contribution in [0.25, 0.3) is 33.3 Å². The Morgan fingerprint density at radius 2 is 1.78 bits per heavy atom. The normalized spacial score (nSPS) is 11.4. The van der Waals surface area contributed by atoms with Crippen molar-refractivity contribution < 1.29 is 0 Å². The molecule has 0 spiro atoms. The monoisotopic (exact) mass is 353 g/mol. The molecule has 0 saturated carbocycles. The van der Waals surface area contributed by atoms with Gasteiger partial charge in [-0.25, -0.2) is 15.0 Å². The van der Waals surface area contributed by atoms with E-state index in [1.165, 1.54) is 10.8 Å². The van der Waals surface area contributed by atoms with Gasteiger partial charge in [0.25, 0.3) is 0 Å². The van der Waals surface area contributed by atoms with Gasteiger partial charge in [0.15, 0.2) is 5.65 Å². The molecule has 0 fully saturated rings. The molecule has 0 saturated heterocycles. The molecule has 0 aliphatic carbocycles. The zero-order chi connectivity index (χ0) is 18.2. The standard InChI is InChI=1S/C22H19N5/c1-2-27-20(25-19-11-6-12-23-22(19)27)15-26-14-13-24-21(26)18-10-5-8-16-7-3-4-9-17(16)18/h3-14H,2,15H2,1H3. The van der Waals surface area contributed by atoms with Gasteiger partial charge in [-0.2, -0.15) is 0 Å². The predicted octanol–water partition coefficient (Wildman–Crippen LogP) is 4.52. The second-order valence-corrected chi connectivity index (χ2v) is 6.52. The third kappa shape index (κ3) is 2.59. The highest BCUT2D eigenvalue weighted by Crippen LogP contribution is 2.28. The van der Waals surface area contributed by atoms with Crippen molar-refractivity contribution in [3.05, 3.63) is 79.0 Å². The topological polar surface area (TPSA) is 48.5 Å². The summed E-state index contributed by atoms with van der Waals surface area (Å²) in [5, 5.41) is 2.42. The van der Waals surface area contributed by atoms with Gasteiger partial charge in [0.2, 0.25) is 0 Å². The summed E-state index contributed by atoms with van der Waals surface area (Å²) in [4.78, 5) is 14.0. The fourth-order valence-electron chi connectivity index (χ4n) is 3.71. The van der Waals surface area contributed by atoms with Crippen LogP contribution in [0.4, 0.5) is 0 Å². The maximum Gasteiger partial charge on any atom is 0.160 e. The smallest absolute Gasteiger partial charge is 0.160 e. The van der Waals surface area contributed by atoms with Gasteiger partial charge in [-0.05, 0) is 29.8 Å². The van der Waals surface area contributed by atoms with Gasteiger partial charge in [0.1, 0.15) is 17.2 Å². The number of nitrogens with zero attached hydrogens (tertiary/aromatic N) is 5. The molecule has 2 aromatic carbocycles. The summed E-state index contributed by atoms with van der Waals surface area (Å²) in [6, 6.07) is 18.7. The minimum Gasteiger partial charge on any atom is -0.323 e. The van der Waals surface area contributed by atoms with Crippen molar-refractivity contribution in [2.75, 3.05) is 0 Å². The van der Waals surface area contributed by atoms with Gasteiger partial charge in [-0.15, -0.1) is 0 Å². The first kappa shape index (κ1) is 15.8. The number of rotatable bonds is 4. The maximum atomic E-state index is 4.81. The lowest BCUT2D eigenvalue weighted by Crippen LogP contribution is -2.09. The summed E-state index contributed by atoms with van der Waals surface area (Å²) >= 11 is 0. The number of aromatic nitrogens is 5. The molecule has 0 unspecified atom stereocenters. The average Bonchev–Trinajstić information content (AvgIpc) is 3.31. The molecule has 5 aromatic rings. The SMILES string of the molecule is CCn1c(Cn2ccnc2-c2cccc3ccccc23)nc2cccnc21. The Balaban J connectivity index is 1.62. The van der Waals surface area contributed by atoms with Gasteiger partial charge in [0, 0.05) is 30.7 Å². The number of hydrogen-bond donors (Lipinski definition) is 0. The second kappa shape index (κ2) is 6.36. The Kier molecular flexibility index (Phi) is 3.71. The van der Waals surface area contributed by atoms with Crippen LogP contribution < -0.4 is 0 Å². The van der Waals surface area contributed by atoms with Crippen LogP contribution in [0.5, 0.6) is 0 Å². The second-order valence-electron chi connectivity index (χ2n) is 6.52. The number of benzene rings is 2. The minimum atomic E-state index is 0.656. The minimum absolute atomic E-state index is 0.656. The van der Waals surface area contributed by atoms with Gasteiger partial charge in [-0.1, -0.05) is 42.5 Å². The fraction of sp³-hybridized carbons (Fsp3) is 0.136. The molecule has 27 heavy (non-hydrogen) atoms. The number of fused-ring (bicyclic) bond motifs is 2. The zero-order valence-corrected chi connectivity index (χ0v) is 15.1. The van der Waals surface area contributed by atoms with E-state index in [4.69, 9.17) is 4.98 Å². The largest absolute Gasteiger partial charge is 0.323 e. The van der Waals surface area contributed by atoms with E-state index in [1.54, 1.807) is 0 Å². The summed E-state index contributed by atoms with van der Waals surface area (Å²) in [7, 11) is 0.